The highest BCUT2D eigenvalue weighted by molar-refractivity contribution is 6.32. The van der Waals surface area contributed by atoms with Gasteiger partial charge in [-0.25, -0.2) is 4.99 Å². The molecule has 2 aliphatic rings. The summed E-state index contributed by atoms with van der Waals surface area (Å²) in [5, 5.41) is 3.77. The first-order valence-corrected chi connectivity index (χ1v) is 7.83. The summed E-state index contributed by atoms with van der Waals surface area (Å²) in [6.45, 7) is 4.07. The molecule has 0 aliphatic carbocycles. The lowest BCUT2D eigenvalue weighted by atomic mass is 10.0. The number of anilines is 1. The number of rotatable bonds is 1. The number of hydrogen-bond acceptors (Lipinski definition) is 4. The minimum Gasteiger partial charge on any atom is -0.462 e. The number of carbonyl (C=O) groups excluding carboxylic acids is 1. The summed E-state index contributed by atoms with van der Waals surface area (Å²) >= 11 is 6.21. The van der Waals surface area contributed by atoms with E-state index in [0.29, 0.717) is 16.5 Å². The third-order valence-corrected chi connectivity index (χ3v) is 4.70. The molecule has 1 fully saturated rings. The van der Waals surface area contributed by atoms with Crippen LogP contribution in [0, 0.1) is 13.8 Å². The van der Waals surface area contributed by atoms with E-state index in [1.54, 1.807) is 6.07 Å². The van der Waals surface area contributed by atoms with Crippen molar-refractivity contribution in [1.82, 2.24) is 0 Å². The Morgan fingerprint density at radius 2 is 1.91 bits per heavy atom. The Labute approximate surface area is 139 Å². The molecule has 0 spiro atoms. The first-order valence-electron chi connectivity index (χ1n) is 7.46. The highest BCUT2D eigenvalue weighted by Crippen LogP contribution is 2.39. The number of nitrogens with one attached hydrogen (secondary N) is 1. The molecule has 5 heteroatoms. The van der Waals surface area contributed by atoms with E-state index in [1.807, 2.05) is 44.2 Å². The van der Waals surface area contributed by atoms with E-state index in [0.717, 1.165) is 22.5 Å². The number of aryl methyl sites for hydroxylation is 2. The highest BCUT2D eigenvalue weighted by atomic mass is 35.5. The minimum atomic E-state index is -0.712. The van der Waals surface area contributed by atoms with Crippen LogP contribution in [0.15, 0.2) is 41.4 Å². The van der Waals surface area contributed by atoms with Gasteiger partial charge in [-0.15, -0.1) is 0 Å². The Morgan fingerprint density at radius 3 is 2.70 bits per heavy atom. The van der Waals surface area contributed by atoms with Gasteiger partial charge in [0.25, 0.3) is 0 Å². The molecular formula is C18H15ClN2O2. The molecule has 2 aliphatic heterocycles. The van der Waals surface area contributed by atoms with Crippen molar-refractivity contribution in [3.8, 4) is 0 Å². The van der Waals surface area contributed by atoms with Crippen LogP contribution in [0.25, 0.3) is 0 Å². The molecule has 0 saturated carbocycles. The number of carbonyl (C=O) groups is 1. The summed E-state index contributed by atoms with van der Waals surface area (Å²) in [7, 11) is 0. The highest BCUT2D eigenvalue weighted by Gasteiger charge is 2.45. The molecule has 2 aromatic rings. The number of fused-ring (bicyclic) bond motifs is 2. The normalized spacial score (nSPS) is 21.9. The van der Waals surface area contributed by atoms with Crippen LogP contribution in [0.2, 0.25) is 5.02 Å². The molecule has 1 saturated heterocycles. The fourth-order valence-electron chi connectivity index (χ4n) is 2.93. The summed E-state index contributed by atoms with van der Waals surface area (Å²) < 4.78 is 5.82. The fourth-order valence-corrected chi connectivity index (χ4v) is 3.17. The first kappa shape index (κ1) is 14.3. The molecule has 4 rings (SSSR count). The molecule has 2 aromatic carbocycles. The van der Waals surface area contributed by atoms with Gasteiger partial charge in [-0.05, 0) is 43.2 Å². The molecule has 0 unspecified atom stereocenters. The Balaban J connectivity index is 1.74. The summed E-state index contributed by atoms with van der Waals surface area (Å²) in [6, 6.07) is 10.7. The maximum absolute atomic E-state index is 12.7. The van der Waals surface area contributed by atoms with Crippen LogP contribution >= 0.6 is 11.6 Å². The van der Waals surface area contributed by atoms with Crippen LogP contribution in [0.3, 0.4) is 0 Å². The third-order valence-electron chi connectivity index (χ3n) is 4.36. The number of aliphatic imine (C=N–C) groups is 1. The van der Waals surface area contributed by atoms with Crippen molar-refractivity contribution >= 4 is 34.7 Å². The van der Waals surface area contributed by atoms with E-state index in [-0.39, 0.29) is 5.78 Å². The van der Waals surface area contributed by atoms with Crippen molar-refractivity contribution in [2.75, 3.05) is 5.32 Å². The van der Waals surface area contributed by atoms with Crippen molar-refractivity contribution in [2.45, 2.75) is 26.0 Å². The Kier molecular flexibility index (Phi) is 3.16. The third kappa shape index (κ3) is 2.21. The number of hydrogen-bond donors (Lipinski definition) is 1. The lowest BCUT2D eigenvalue weighted by Gasteiger charge is -2.20. The number of ether oxygens (including phenoxy) is 1. The molecule has 2 atom stereocenters. The van der Waals surface area contributed by atoms with Gasteiger partial charge in [-0.3, -0.25) is 4.79 Å². The monoisotopic (exact) mass is 326 g/mol. The molecule has 0 amide bonds. The minimum absolute atomic E-state index is 0.0688. The van der Waals surface area contributed by atoms with E-state index in [4.69, 9.17) is 16.3 Å². The first-order chi connectivity index (χ1) is 11.0. The predicted octanol–water partition coefficient (Wildman–Crippen LogP) is 4.12. The van der Waals surface area contributed by atoms with Crippen LogP contribution in [0.4, 0.5) is 11.4 Å². The number of halogens is 1. The molecule has 1 N–H and O–H groups in total. The Hall–Kier alpha value is -2.33. The lowest BCUT2D eigenvalue weighted by molar-refractivity contribution is -0.122. The van der Waals surface area contributed by atoms with Gasteiger partial charge in [0.05, 0.1) is 11.4 Å². The van der Waals surface area contributed by atoms with Gasteiger partial charge in [0.15, 0.2) is 12.1 Å². The average Bonchev–Trinajstić information content (AvgIpc) is 2.83. The Bertz CT molecular complexity index is 860. The van der Waals surface area contributed by atoms with Gasteiger partial charge in [-0.2, -0.15) is 0 Å². The number of nitrogens with zero attached hydrogens (tertiary/aromatic N) is 1. The van der Waals surface area contributed by atoms with Crippen molar-refractivity contribution in [3.05, 3.63) is 58.1 Å². The van der Waals surface area contributed by atoms with Crippen LogP contribution in [-0.2, 0) is 9.53 Å². The zero-order valence-electron chi connectivity index (χ0n) is 12.8. The molecule has 116 valence electrons. The largest absolute Gasteiger partial charge is 0.462 e. The molecular weight excluding hydrogens is 312 g/mol. The van der Waals surface area contributed by atoms with Crippen molar-refractivity contribution in [2.24, 2.45) is 4.99 Å². The summed E-state index contributed by atoms with van der Waals surface area (Å²) in [5.41, 5.74) is 4.64. The van der Waals surface area contributed by atoms with Crippen LogP contribution < -0.4 is 5.32 Å². The molecule has 0 radical (unpaired) electrons. The second kappa shape index (κ2) is 5.10. The standard InChI is InChI=1S/C18H15ClN2O2/c1-9-7-13-14(8-10(9)2)21-18-15(20-13)16(22)17(23-18)11-5-3-4-6-12(11)19/h3-8,15,17,20H,1-2H3/t15-,17+/m1/s1. The second-order valence-electron chi connectivity index (χ2n) is 5.90. The van der Waals surface area contributed by atoms with E-state index in [1.165, 1.54) is 0 Å². The summed E-state index contributed by atoms with van der Waals surface area (Å²) in [5.74, 6) is 0.344. The number of Topliss-reactive ketones (excluding diaryl/α,β-unsaturated/α-hetero) is 1. The molecule has 0 bridgehead atoms. The maximum Gasteiger partial charge on any atom is 0.220 e. The number of benzene rings is 2. The quantitative estimate of drug-likeness (QED) is 0.857. The van der Waals surface area contributed by atoms with Crippen molar-refractivity contribution < 1.29 is 9.53 Å². The van der Waals surface area contributed by atoms with Crippen LogP contribution in [0.5, 0.6) is 0 Å². The van der Waals surface area contributed by atoms with Gasteiger partial charge >= 0.3 is 0 Å². The molecule has 2 heterocycles. The van der Waals surface area contributed by atoms with Crippen LogP contribution in [0.1, 0.15) is 22.8 Å². The topological polar surface area (TPSA) is 50.7 Å². The van der Waals surface area contributed by atoms with E-state index >= 15 is 0 Å². The van der Waals surface area contributed by atoms with Gasteiger partial charge < -0.3 is 10.1 Å². The summed E-state index contributed by atoms with van der Waals surface area (Å²) in [6.07, 6.45) is -0.712. The van der Waals surface area contributed by atoms with Gasteiger partial charge in [0, 0.05) is 10.6 Å². The molecule has 4 nitrogen and oxygen atoms in total. The molecule has 23 heavy (non-hydrogen) atoms. The second-order valence-corrected chi connectivity index (χ2v) is 6.31. The zero-order valence-corrected chi connectivity index (χ0v) is 13.5. The van der Waals surface area contributed by atoms with E-state index in [9.17, 15) is 4.79 Å². The average molecular weight is 327 g/mol. The Morgan fingerprint density at radius 1 is 1.17 bits per heavy atom. The zero-order chi connectivity index (χ0) is 16.1. The fraction of sp³-hybridized carbons (Fsp3) is 0.222. The molecule has 0 aromatic heterocycles. The van der Waals surface area contributed by atoms with Crippen molar-refractivity contribution in [3.63, 3.8) is 0 Å². The maximum atomic E-state index is 12.7. The summed E-state index contributed by atoms with van der Waals surface area (Å²) in [4.78, 5) is 17.3. The van der Waals surface area contributed by atoms with Gasteiger partial charge in [0.1, 0.15) is 0 Å². The van der Waals surface area contributed by atoms with Crippen LogP contribution in [-0.4, -0.2) is 17.7 Å². The van der Waals surface area contributed by atoms with E-state index in [2.05, 4.69) is 10.3 Å². The number of ketones is 1. The van der Waals surface area contributed by atoms with E-state index < -0.39 is 12.1 Å². The smallest absolute Gasteiger partial charge is 0.220 e. The van der Waals surface area contributed by atoms with Crippen molar-refractivity contribution in [1.29, 1.82) is 0 Å². The lowest BCUT2D eigenvalue weighted by Crippen LogP contribution is -2.34. The predicted molar refractivity (Wildman–Crippen MR) is 90.7 cm³/mol. The van der Waals surface area contributed by atoms with Gasteiger partial charge in [0.2, 0.25) is 11.7 Å². The SMILES string of the molecule is Cc1cc2c(cc1C)N[C@@H]1C(=O)[C@H](c3ccccc3Cl)OC1=N2. The van der Waals surface area contributed by atoms with Gasteiger partial charge in [-0.1, -0.05) is 29.8 Å².